The molecule has 1 aliphatic rings. The maximum atomic E-state index is 12.4. The van der Waals surface area contributed by atoms with Crippen LogP contribution < -0.4 is 20.7 Å². The lowest BCUT2D eigenvalue weighted by molar-refractivity contribution is -0.123. The summed E-state index contributed by atoms with van der Waals surface area (Å²) < 4.78 is 5.64. The van der Waals surface area contributed by atoms with Crippen molar-refractivity contribution in [3.05, 3.63) is 29.8 Å². The van der Waals surface area contributed by atoms with Crippen LogP contribution in [0.25, 0.3) is 0 Å². The molecule has 7 heteroatoms. The number of benzene rings is 1. The molecule has 1 heterocycles. The van der Waals surface area contributed by atoms with Crippen molar-refractivity contribution >= 4 is 24.2 Å². The number of hydrogen-bond acceptors (Lipinski definition) is 4. The second-order valence-corrected chi connectivity index (χ2v) is 6.04. The van der Waals surface area contributed by atoms with Crippen LogP contribution in [0.1, 0.15) is 44.7 Å². The van der Waals surface area contributed by atoms with Crippen LogP contribution >= 0.6 is 12.4 Å². The number of hydrogen-bond donors (Lipinski definition) is 3. The van der Waals surface area contributed by atoms with Gasteiger partial charge >= 0.3 is 0 Å². The average molecular weight is 370 g/mol. The van der Waals surface area contributed by atoms with Gasteiger partial charge in [-0.15, -0.1) is 12.4 Å². The lowest BCUT2D eigenvalue weighted by atomic mass is 10.0. The fraction of sp³-hybridized carbons (Fsp3) is 0.556. The molecule has 2 rings (SSSR count). The summed E-state index contributed by atoms with van der Waals surface area (Å²) in [5, 5.41) is 9.20. The normalized spacial score (nSPS) is 17.8. The summed E-state index contributed by atoms with van der Waals surface area (Å²) in [5.74, 6) is 0.470. The number of ether oxygens (including phenoxy) is 1. The number of para-hydroxylation sites is 1. The third kappa shape index (κ3) is 6.92. The molecule has 1 saturated heterocycles. The van der Waals surface area contributed by atoms with Crippen molar-refractivity contribution in [2.75, 3.05) is 19.7 Å². The van der Waals surface area contributed by atoms with Crippen LogP contribution in [-0.2, 0) is 9.59 Å². The Balaban J connectivity index is 0.00000312. The van der Waals surface area contributed by atoms with E-state index in [0.29, 0.717) is 12.4 Å². The third-order valence-corrected chi connectivity index (χ3v) is 4.02. The van der Waals surface area contributed by atoms with Gasteiger partial charge in [-0.3, -0.25) is 9.59 Å². The van der Waals surface area contributed by atoms with E-state index >= 15 is 0 Å². The average Bonchev–Trinajstić information content (AvgIpc) is 2.55. The second-order valence-electron chi connectivity index (χ2n) is 6.04. The largest absolute Gasteiger partial charge is 0.494 e. The first kappa shape index (κ1) is 21.3. The van der Waals surface area contributed by atoms with E-state index < -0.39 is 6.04 Å². The van der Waals surface area contributed by atoms with Crippen molar-refractivity contribution in [3.8, 4) is 5.75 Å². The van der Waals surface area contributed by atoms with Crippen molar-refractivity contribution in [2.24, 2.45) is 0 Å². The van der Waals surface area contributed by atoms with Crippen molar-refractivity contribution < 1.29 is 14.3 Å². The lowest BCUT2D eigenvalue weighted by Crippen LogP contribution is -2.46. The fourth-order valence-corrected chi connectivity index (χ4v) is 2.99. The SMILES string of the molecule is CCOc1ccccc1C(CC(=O)NC1CCCNC1)NC(C)=O.Cl. The first-order valence-corrected chi connectivity index (χ1v) is 8.59. The molecule has 0 aliphatic carbocycles. The van der Waals surface area contributed by atoms with Gasteiger partial charge in [0.1, 0.15) is 5.75 Å². The van der Waals surface area contributed by atoms with Crippen LogP contribution in [0, 0.1) is 0 Å². The molecule has 0 radical (unpaired) electrons. The highest BCUT2D eigenvalue weighted by molar-refractivity contribution is 5.85. The summed E-state index contributed by atoms with van der Waals surface area (Å²) in [4.78, 5) is 24.0. The summed E-state index contributed by atoms with van der Waals surface area (Å²) in [6.07, 6.45) is 2.24. The quantitative estimate of drug-likeness (QED) is 0.686. The van der Waals surface area contributed by atoms with E-state index in [0.717, 1.165) is 31.5 Å². The molecule has 1 aromatic rings. The Morgan fingerprint density at radius 1 is 1.36 bits per heavy atom. The predicted octanol–water partition coefficient (Wildman–Crippen LogP) is 1.94. The fourth-order valence-electron chi connectivity index (χ4n) is 2.99. The van der Waals surface area contributed by atoms with Gasteiger partial charge in [-0.05, 0) is 32.4 Å². The maximum absolute atomic E-state index is 12.4. The number of halogens is 1. The highest BCUT2D eigenvalue weighted by Crippen LogP contribution is 2.27. The van der Waals surface area contributed by atoms with E-state index in [1.54, 1.807) is 0 Å². The maximum Gasteiger partial charge on any atom is 0.222 e. The van der Waals surface area contributed by atoms with Crippen LogP contribution in [-0.4, -0.2) is 37.6 Å². The molecule has 1 aliphatic heterocycles. The standard InChI is InChI=1S/C18H27N3O3.ClH/c1-3-24-17-9-5-4-8-15(17)16(20-13(2)22)11-18(23)21-14-7-6-10-19-12-14;/h4-5,8-9,14,16,19H,3,6-7,10-12H2,1-2H3,(H,20,22)(H,21,23);1H. The van der Waals surface area contributed by atoms with Crippen molar-refractivity contribution in [3.63, 3.8) is 0 Å². The summed E-state index contributed by atoms with van der Waals surface area (Å²) in [7, 11) is 0. The first-order valence-electron chi connectivity index (χ1n) is 8.59. The molecule has 0 spiro atoms. The van der Waals surface area contributed by atoms with Gasteiger partial charge in [0.2, 0.25) is 11.8 Å². The minimum Gasteiger partial charge on any atom is -0.494 e. The van der Waals surface area contributed by atoms with Crippen molar-refractivity contribution in [1.29, 1.82) is 0 Å². The number of piperidine rings is 1. The predicted molar refractivity (Wildman–Crippen MR) is 100 cm³/mol. The highest BCUT2D eigenvalue weighted by atomic mass is 35.5. The van der Waals surface area contributed by atoms with Gasteiger partial charge in [-0.25, -0.2) is 0 Å². The Labute approximate surface area is 155 Å². The van der Waals surface area contributed by atoms with E-state index in [1.165, 1.54) is 6.92 Å². The molecular formula is C18H28ClN3O3. The Kier molecular flexibility index (Phi) is 9.31. The van der Waals surface area contributed by atoms with E-state index in [2.05, 4.69) is 16.0 Å². The topological polar surface area (TPSA) is 79.5 Å². The van der Waals surface area contributed by atoms with Gasteiger partial charge < -0.3 is 20.7 Å². The van der Waals surface area contributed by atoms with Gasteiger partial charge in [0, 0.05) is 25.1 Å². The van der Waals surface area contributed by atoms with E-state index in [-0.39, 0.29) is 36.7 Å². The summed E-state index contributed by atoms with van der Waals surface area (Å²) in [5.41, 5.74) is 0.825. The van der Waals surface area contributed by atoms with Gasteiger partial charge in [0.15, 0.2) is 0 Å². The molecular weight excluding hydrogens is 342 g/mol. The Morgan fingerprint density at radius 2 is 2.12 bits per heavy atom. The summed E-state index contributed by atoms with van der Waals surface area (Å²) in [6, 6.07) is 7.27. The van der Waals surface area contributed by atoms with E-state index in [9.17, 15) is 9.59 Å². The molecule has 140 valence electrons. The molecule has 3 N–H and O–H groups in total. The first-order chi connectivity index (χ1) is 11.6. The number of nitrogens with one attached hydrogen (secondary N) is 3. The van der Waals surface area contributed by atoms with Crippen molar-refractivity contribution in [1.82, 2.24) is 16.0 Å². The minimum atomic E-state index is -0.401. The van der Waals surface area contributed by atoms with Crippen LogP contribution in [0.2, 0.25) is 0 Å². The molecule has 6 nitrogen and oxygen atoms in total. The third-order valence-electron chi connectivity index (χ3n) is 4.02. The Morgan fingerprint density at radius 3 is 2.76 bits per heavy atom. The van der Waals surface area contributed by atoms with Gasteiger partial charge in [0.25, 0.3) is 0 Å². The summed E-state index contributed by atoms with van der Waals surface area (Å²) >= 11 is 0. The van der Waals surface area contributed by atoms with Crippen LogP contribution in [0.15, 0.2) is 24.3 Å². The van der Waals surface area contributed by atoms with Gasteiger partial charge in [-0.1, -0.05) is 18.2 Å². The zero-order valence-corrected chi connectivity index (χ0v) is 15.7. The van der Waals surface area contributed by atoms with E-state index in [4.69, 9.17) is 4.74 Å². The smallest absolute Gasteiger partial charge is 0.222 e. The molecule has 25 heavy (non-hydrogen) atoms. The number of amides is 2. The second kappa shape index (κ2) is 10.9. The van der Waals surface area contributed by atoms with Crippen LogP contribution in [0.4, 0.5) is 0 Å². The molecule has 0 saturated carbocycles. The van der Waals surface area contributed by atoms with E-state index in [1.807, 2.05) is 31.2 Å². The minimum absolute atomic E-state index is 0. The molecule has 1 fully saturated rings. The highest BCUT2D eigenvalue weighted by Gasteiger charge is 2.22. The number of carbonyl (C=O) groups is 2. The molecule has 1 aromatic carbocycles. The van der Waals surface area contributed by atoms with Crippen LogP contribution in [0.3, 0.4) is 0 Å². The molecule has 2 amide bonds. The number of carbonyl (C=O) groups excluding carboxylic acids is 2. The number of rotatable bonds is 7. The summed E-state index contributed by atoms with van der Waals surface area (Å²) in [6.45, 7) is 5.70. The zero-order valence-electron chi connectivity index (χ0n) is 14.8. The van der Waals surface area contributed by atoms with Crippen molar-refractivity contribution in [2.45, 2.75) is 45.2 Å². The monoisotopic (exact) mass is 369 g/mol. The molecule has 2 unspecified atom stereocenters. The Hall–Kier alpha value is -1.79. The molecule has 0 aromatic heterocycles. The molecule has 0 bridgehead atoms. The van der Waals surface area contributed by atoms with Crippen LogP contribution in [0.5, 0.6) is 5.75 Å². The lowest BCUT2D eigenvalue weighted by Gasteiger charge is -2.26. The molecule has 2 atom stereocenters. The zero-order chi connectivity index (χ0) is 17.4. The van der Waals surface area contributed by atoms with Gasteiger partial charge in [0.05, 0.1) is 19.1 Å². The van der Waals surface area contributed by atoms with Gasteiger partial charge in [-0.2, -0.15) is 0 Å². The Bertz CT molecular complexity index is 562.